The van der Waals surface area contributed by atoms with Gasteiger partial charge in [-0.15, -0.1) is 0 Å². The largest absolute Gasteiger partial charge is 0.394 e. The van der Waals surface area contributed by atoms with E-state index in [-0.39, 0.29) is 38.3 Å². The Morgan fingerprint density at radius 1 is 0.671 bits per heavy atom. The first-order valence-electron chi connectivity index (χ1n) is 27.3. The van der Waals surface area contributed by atoms with Crippen molar-refractivity contribution in [3.8, 4) is 0 Å². The number of para-hydroxylation sites is 4. The summed E-state index contributed by atoms with van der Waals surface area (Å²) in [5, 5.41) is 1.36. The van der Waals surface area contributed by atoms with Crippen LogP contribution in [0.4, 0.5) is 17.1 Å². The van der Waals surface area contributed by atoms with Crippen LogP contribution in [0.3, 0.4) is 0 Å². The van der Waals surface area contributed by atoms with Gasteiger partial charge in [-0.2, -0.15) is 13.0 Å². The fraction of sp³-hybridized carbons (Fsp3) is 0.470. The Balaban J connectivity index is 0.000000181. The number of likely N-dealkylation sites (N-methyl/N-ethyl adjacent to an activating group) is 2. The number of ketones is 2. The molecule has 3 aliphatic heterocycles. The van der Waals surface area contributed by atoms with E-state index in [2.05, 4.69) is 276 Å². The molecule has 3 aliphatic carbocycles. The lowest BCUT2D eigenvalue weighted by Gasteiger charge is -2.52. The van der Waals surface area contributed by atoms with Crippen molar-refractivity contribution in [2.24, 2.45) is 23.3 Å². The lowest BCUT2D eigenvalue weighted by molar-refractivity contribution is -0.402. The number of Topliss-reactive ketones (excluding diaryl/α,β-unsaturated/α-hetero) is 1. The number of nitrogens with zero attached hydrogens (tertiary/aromatic N) is 4. The minimum Gasteiger partial charge on any atom is -0.370 e. The number of allylic oxidation sites excluding steroid dienone is 4. The molecule has 2 N–H and O–H groups in total. The van der Waals surface area contributed by atoms with Crippen molar-refractivity contribution >= 4 is 92.9 Å². The third kappa shape index (κ3) is 13.1. The number of aryl methyl sites for hydroxylation is 2. The quantitative estimate of drug-likeness (QED) is 0.0559. The maximum Gasteiger partial charge on any atom is 0.394 e. The first kappa shape index (κ1) is 65.4. The zero-order chi connectivity index (χ0) is 59.6. The molecule has 428 valence electrons. The molecule has 0 saturated heterocycles. The van der Waals surface area contributed by atoms with Gasteiger partial charge in [0.05, 0.1) is 5.41 Å². The molecule has 4 heterocycles. The van der Waals surface area contributed by atoms with Crippen LogP contribution >= 0.6 is 37.2 Å². The van der Waals surface area contributed by atoms with Gasteiger partial charge in [0.1, 0.15) is 12.8 Å². The minimum atomic E-state index is -4.67. The smallest absolute Gasteiger partial charge is 0.370 e. The first-order chi connectivity index (χ1) is 36.5. The number of carbonyl (C=O) groups is 2. The van der Waals surface area contributed by atoms with Gasteiger partial charge >= 0.3 is 10.4 Å². The molecule has 4 aromatic carbocycles. The number of halogens is 2. The van der Waals surface area contributed by atoms with Gasteiger partial charge in [-0.1, -0.05) is 151 Å². The Kier molecular flexibility index (Phi) is 20.7. The SMILES string of the molecule is C=C1CC2N(C)c3ccccc3C2(C)C(C)(C)C1.CC(=O)C=C(C)C.CC1=CC2=[N+](C)c3ccccc3C2(C)C(C)(C)C1.CN1c2ccccc2C2(C)C1CC(=O)CC2(C)C.Cc1cn(C)c2ccccc12.II.O=S(=O)(O)O. The van der Waals surface area contributed by atoms with Crippen LogP contribution in [0.15, 0.2) is 139 Å². The van der Waals surface area contributed by atoms with Crippen molar-refractivity contribution < 1.29 is 31.7 Å². The molecular weight excluding hydrogens is 1230 g/mol. The van der Waals surface area contributed by atoms with E-state index in [0.29, 0.717) is 30.7 Å². The van der Waals surface area contributed by atoms with Crippen molar-refractivity contribution in [1.29, 1.82) is 0 Å². The molecular formula is C66H89I2N4O6S+. The molecule has 79 heavy (non-hydrogen) atoms. The summed E-state index contributed by atoms with van der Waals surface area (Å²) in [6.07, 6.45) is 11.0. The number of rotatable bonds is 1. The van der Waals surface area contributed by atoms with Gasteiger partial charge in [0, 0.05) is 140 Å². The standard InChI is InChI=1S/C17H23N.C17H22N.C16H21NO.C10H11N.C6H10O.I2.H2O4S/c2*1-12-10-15-17(4,16(2,3)11-12)13-8-6-7-9-14(13)18(15)5;1-15(2)10-11(18)9-14-16(15,3)12-7-5-6-8-13(12)17(14)4;1-8-7-11(2)10-6-4-3-5-9(8)10;1-5(2)4-6(3)7;1-2;1-5(2,3)4/h6-9,15H,1,10-11H2,2-5H3;6-10H,11H2,1-5H3;5-8,14H,9-10H2,1-4H3;3-7H,1-2H3;4H,1-3H3;;(H2,1,2,3,4)/q;+1;;;;;. The Morgan fingerprint density at radius 3 is 1.59 bits per heavy atom. The molecule has 0 spiro atoms. The van der Waals surface area contributed by atoms with Gasteiger partial charge in [-0.3, -0.25) is 18.7 Å². The van der Waals surface area contributed by atoms with E-state index in [4.69, 9.17) is 17.5 Å². The highest BCUT2D eigenvalue weighted by atomic mass is 128. The van der Waals surface area contributed by atoms with Crippen molar-refractivity contribution in [1.82, 2.24) is 4.57 Å². The Hall–Kier alpha value is -4.42. The average molecular weight is 1320 g/mol. The van der Waals surface area contributed by atoms with Crippen LogP contribution in [0, 0.1) is 23.2 Å². The number of carbonyl (C=O) groups excluding carboxylic acids is 2. The summed E-state index contributed by atoms with van der Waals surface area (Å²) in [6, 6.07) is 35.7. The molecule has 5 aromatic rings. The van der Waals surface area contributed by atoms with Crippen LogP contribution in [-0.2, 0) is 43.3 Å². The van der Waals surface area contributed by atoms with Crippen LogP contribution < -0.4 is 9.80 Å². The second kappa shape index (κ2) is 25.0. The number of aromatic nitrogens is 1. The molecule has 2 saturated carbocycles. The molecule has 0 amide bonds. The fourth-order valence-corrected chi connectivity index (χ4v) is 14.2. The zero-order valence-electron chi connectivity index (χ0n) is 50.3. The predicted octanol–water partition coefficient (Wildman–Crippen LogP) is 16.5. The maximum absolute atomic E-state index is 12.0. The zero-order valence-corrected chi connectivity index (χ0v) is 55.5. The molecule has 13 heteroatoms. The van der Waals surface area contributed by atoms with Crippen LogP contribution in [0.25, 0.3) is 10.9 Å². The summed E-state index contributed by atoms with van der Waals surface area (Å²) < 4.78 is 36.1. The highest BCUT2D eigenvalue weighted by Crippen LogP contribution is 2.61. The Morgan fingerprint density at radius 2 is 1.11 bits per heavy atom. The van der Waals surface area contributed by atoms with Gasteiger partial charge < -0.3 is 14.4 Å². The Bertz CT molecular complexity index is 3150. The van der Waals surface area contributed by atoms with E-state index in [1.807, 2.05) is 13.8 Å². The molecule has 6 aliphatic rings. The number of benzene rings is 4. The van der Waals surface area contributed by atoms with Crippen LogP contribution in [0.1, 0.15) is 144 Å². The summed E-state index contributed by atoms with van der Waals surface area (Å²) in [4.78, 5) is 27.0. The first-order valence-corrected chi connectivity index (χ1v) is 34.9. The molecule has 0 radical (unpaired) electrons. The summed E-state index contributed by atoms with van der Waals surface area (Å²) in [7, 11) is 3.98. The molecule has 1 aromatic heterocycles. The van der Waals surface area contributed by atoms with Gasteiger partial charge in [-0.05, 0) is 118 Å². The molecule has 5 atom stereocenters. The van der Waals surface area contributed by atoms with E-state index in [1.165, 1.54) is 73.5 Å². The van der Waals surface area contributed by atoms with E-state index in [0.717, 1.165) is 18.4 Å². The predicted molar refractivity (Wildman–Crippen MR) is 349 cm³/mol. The van der Waals surface area contributed by atoms with Crippen LogP contribution in [-0.4, -0.2) is 77.2 Å². The second-order valence-corrected chi connectivity index (χ2v) is 26.3. The third-order valence-corrected chi connectivity index (χ3v) is 18.7. The van der Waals surface area contributed by atoms with Crippen molar-refractivity contribution in [2.45, 2.75) is 157 Å². The number of fused-ring (bicyclic) bond motifs is 10. The van der Waals surface area contributed by atoms with E-state index >= 15 is 0 Å². The summed E-state index contributed by atoms with van der Waals surface area (Å²) in [6.45, 7) is 35.3. The maximum atomic E-state index is 12.0. The van der Waals surface area contributed by atoms with Gasteiger partial charge in [0.2, 0.25) is 5.69 Å². The third-order valence-electron chi connectivity index (χ3n) is 18.7. The highest BCUT2D eigenvalue weighted by molar-refractivity contribution is 15.0. The normalized spacial score (nSPS) is 24.7. The minimum absolute atomic E-state index is 0.0217. The molecule has 0 bridgehead atoms. The lowest BCUT2D eigenvalue weighted by atomic mass is 9.54. The number of hydrogen-bond donors (Lipinski definition) is 2. The van der Waals surface area contributed by atoms with E-state index in [9.17, 15) is 9.59 Å². The Labute approximate surface area is 497 Å². The topological polar surface area (TPSA) is 123 Å². The van der Waals surface area contributed by atoms with Gasteiger partial charge in [0.15, 0.2) is 11.5 Å². The summed E-state index contributed by atoms with van der Waals surface area (Å²) >= 11 is 4.24. The second-order valence-electron chi connectivity index (χ2n) is 25.4. The van der Waals surface area contributed by atoms with E-state index in [1.54, 1.807) is 13.0 Å². The number of hydrogen-bond acceptors (Lipinski definition) is 6. The average Bonchev–Trinajstić information content (AvgIpc) is 3.45. The van der Waals surface area contributed by atoms with Crippen molar-refractivity contribution in [2.75, 3.05) is 30.9 Å². The monoisotopic (exact) mass is 1320 g/mol. The fourth-order valence-electron chi connectivity index (χ4n) is 14.2. The van der Waals surface area contributed by atoms with Crippen LogP contribution in [0.5, 0.6) is 0 Å². The highest BCUT2D eigenvalue weighted by Gasteiger charge is 2.60. The molecule has 10 nitrogen and oxygen atoms in total. The van der Waals surface area contributed by atoms with Gasteiger partial charge in [-0.25, -0.2) is 0 Å². The lowest BCUT2D eigenvalue weighted by Crippen LogP contribution is -2.55. The van der Waals surface area contributed by atoms with Crippen LogP contribution in [0.2, 0.25) is 0 Å². The number of anilines is 2. The van der Waals surface area contributed by atoms with E-state index < -0.39 is 10.4 Å². The van der Waals surface area contributed by atoms with Gasteiger partial charge in [0.25, 0.3) is 0 Å². The van der Waals surface area contributed by atoms with Crippen molar-refractivity contribution in [3.63, 3.8) is 0 Å². The van der Waals surface area contributed by atoms with Crippen molar-refractivity contribution in [3.05, 3.63) is 161 Å². The summed E-state index contributed by atoms with van der Waals surface area (Å²) in [5.74, 6) is 0.530. The molecule has 11 rings (SSSR count). The molecule has 2 fully saturated rings. The summed E-state index contributed by atoms with van der Waals surface area (Å²) in [5.41, 5.74) is 17.6. The molecule has 5 unspecified atom stereocenters.